The molecule has 0 radical (unpaired) electrons. The minimum Gasteiger partial charge on any atom is -0.375 e. The standard InChI is InChI=1S/C11H20O2/c1-4-11(9(2)3)7-10(8-12)5-6-13-11/h8-10H,4-7H2,1-3H3. The molecule has 2 unspecified atom stereocenters. The van der Waals surface area contributed by atoms with Crippen LogP contribution in [0.25, 0.3) is 0 Å². The fraction of sp³-hybridized carbons (Fsp3) is 0.909. The van der Waals surface area contributed by atoms with Gasteiger partial charge in [0.1, 0.15) is 6.29 Å². The molecule has 0 spiro atoms. The number of carbonyl (C=O) groups is 1. The lowest BCUT2D eigenvalue weighted by atomic mass is 9.77. The molecule has 0 aromatic heterocycles. The number of carbonyl (C=O) groups excluding carboxylic acids is 1. The van der Waals surface area contributed by atoms with Crippen LogP contribution in [0.5, 0.6) is 0 Å². The summed E-state index contributed by atoms with van der Waals surface area (Å²) in [4.78, 5) is 10.7. The Kier molecular flexibility index (Phi) is 3.48. The summed E-state index contributed by atoms with van der Waals surface area (Å²) in [6, 6.07) is 0. The normalized spacial score (nSPS) is 34.9. The Morgan fingerprint density at radius 2 is 2.31 bits per heavy atom. The van der Waals surface area contributed by atoms with Gasteiger partial charge in [-0.25, -0.2) is 0 Å². The molecule has 1 aliphatic heterocycles. The second-order valence-electron chi connectivity index (χ2n) is 4.31. The third-order valence-electron chi connectivity index (χ3n) is 3.33. The molecule has 1 aliphatic rings. The van der Waals surface area contributed by atoms with Crippen LogP contribution in [0, 0.1) is 11.8 Å². The predicted molar refractivity (Wildman–Crippen MR) is 52.6 cm³/mol. The number of rotatable bonds is 3. The van der Waals surface area contributed by atoms with Gasteiger partial charge in [0.25, 0.3) is 0 Å². The Labute approximate surface area is 80.7 Å². The summed E-state index contributed by atoms with van der Waals surface area (Å²) >= 11 is 0. The van der Waals surface area contributed by atoms with Crippen molar-refractivity contribution in [3.8, 4) is 0 Å². The highest BCUT2D eigenvalue weighted by Crippen LogP contribution is 2.36. The summed E-state index contributed by atoms with van der Waals surface area (Å²) in [7, 11) is 0. The highest BCUT2D eigenvalue weighted by Gasteiger charge is 2.38. The van der Waals surface area contributed by atoms with Crippen molar-refractivity contribution in [2.45, 2.75) is 45.6 Å². The molecule has 2 nitrogen and oxygen atoms in total. The van der Waals surface area contributed by atoms with Gasteiger partial charge in [-0.3, -0.25) is 0 Å². The monoisotopic (exact) mass is 184 g/mol. The Hall–Kier alpha value is -0.370. The third-order valence-corrected chi connectivity index (χ3v) is 3.33. The maximum absolute atomic E-state index is 10.7. The first kappa shape index (κ1) is 10.7. The first-order valence-corrected chi connectivity index (χ1v) is 5.24. The van der Waals surface area contributed by atoms with Gasteiger partial charge in [-0.1, -0.05) is 20.8 Å². The SMILES string of the molecule is CCC1(C(C)C)CC(C=O)CCO1. The van der Waals surface area contributed by atoms with Crippen molar-refractivity contribution in [3.63, 3.8) is 0 Å². The van der Waals surface area contributed by atoms with Crippen molar-refractivity contribution in [2.75, 3.05) is 6.61 Å². The topological polar surface area (TPSA) is 26.3 Å². The molecule has 0 aliphatic carbocycles. The Morgan fingerprint density at radius 3 is 2.77 bits per heavy atom. The molecule has 0 aromatic rings. The molecule has 1 heterocycles. The minimum atomic E-state index is -0.0379. The maximum atomic E-state index is 10.7. The molecular weight excluding hydrogens is 164 g/mol. The minimum absolute atomic E-state index is 0.0379. The summed E-state index contributed by atoms with van der Waals surface area (Å²) in [5.41, 5.74) is -0.0379. The number of ether oxygens (including phenoxy) is 1. The van der Waals surface area contributed by atoms with E-state index in [-0.39, 0.29) is 11.5 Å². The van der Waals surface area contributed by atoms with Crippen LogP contribution in [-0.4, -0.2) is 18.5 Å². The molecule has 13 heavy (non-hydrogen) atoms. The molecule has 2 atom stereocenters. The largest absolute Gasteiger partial charge is 0.375 e. The lowest BCUT2D eigenvalue weighted by molar-refractivity contribution is -0.139. The number of aldehydes is 1. The lowest BCUT2D eigenvalue weighted by Crippen LogP contribution is -2.44. The highest BCUT2D eigenvalue weighted by atomic mass is 16.5. The van der Waals surface area contributed by atoms with Crippen LogP contribution >= 0.6 is 0 Å². The van der Waals surface area contributed by atoms with Crippen molar-refractivity contribution in [3.05, 3.63) is 0 Å². The fourth-order valence-electron chi connectivity index (χ4n) is 2.19. The van der Waals surface area contributed by atoms with Gasteiger partial charge < -0.3 is 9.53 Å². The molecule has 2 heteroatoms. The lowest BCUT2D eigenvalue weighted by Gasteiger charge is -2.42. The van der Waals surface area contributed by atoms with Gasteiger partial charge in [0.15, 0.2) is 0 Å². The molecule has 0 N–H and O–H groups in total. The quantitative estimate of drug-likeness (QED) is 0.630. The van der Waals surface area contributed by atoms with E-state index in [1.54, 1.807) is 0 Å². The van der Waals surface area contributed by atoms with Crippen LogP contribution in [0.4, 0.5) is 0 Å². The van der Waals surface area contributed by atoms with Gasteiger partial charge in [0.2, 0.25) is 0 Å². The molecule has 1 saturated heterocycles. The maximum Gasteiger partial charge on any atom is 0.123 e. The van der Waals surface area contributed by atoms with Crippen LogP contribution in [-0.2, 0) is 9.53 Å². The van der Waals surface area contributed by atoms with Gasteiger partial charge in [0.05, 0.1) is 5.60 Å². The third kappa shape index (κ3) is 2.11. The molecule has 0 bridgehead atoms. The average Bonchev–Trinajstić information content (AvgIpc) is 2.17. The zero-order valence-electron chi connectivity index (χ0n) is 8.88. The van der Waals surface area contributed by atoms with Crippen LogP contribution < -0.4 is 0 Å². The zero-order valence-corrected chi connectivity index (χ0v) is 8.88. The molecule has 1 fully saturated rings. The number of hydrogen-bond acceptors (Lipinski definition) is 2. The summed E-state index contributed by atoms with van der Waals surface area (Å²) in [5.74, 6) is 0.719. The summed E-state index contributed by atoms with van der Waals surface area (Å²) in [5, 5.41) is 0. The molecule has 1 rings (SSSR count). The van der Waals surface area contributed by atoms with E-state index in [2.05, 4.69) is 20.8 Å². The first-order chi connectivity index (χ1) is 6.14. The van der Waals surface area contributed by atoms with E-state index >= 15 is 0 Å². The average molecular weight is 184 g/mol. The van der Waals surface area contributed by atoms with Crippen molar-refractivity contribution in [1.82, 2.24) is 0 Å². The predicted octanol–water partition coefficient (Wildman–Crippen LogP) is 2.42. The summed E-state index contributed by atoms with van der Waals surface area (Å²) in [6.07, 6.45) is 3.91. The van der Waals surface area contributed by atoms with Crippen LogP contribution in [0.15, 0.2) is 0 Å². The second kappa shape index (κ2) is 4.23. The van der Waals surface area contributed by atoms with E-state index in [0.717, 1.165) is 32.2 Å². The summed E-state index contributed by atoms with van der Waals surface area (Å²) in [6.45, 7) is 7.25. The van der Waals surface area contributed by atoms with Crippen LogP contribution in [0.3, 0.4) is 0 Å². The van der Waals surface area contributed by atoms with Gasteiger partial charge in [0, 0.05) is 12.5 Å². The van der Waals surface area contributed by atoms with E-state index in [1.807, 2.05) is 0 Å². The van der Waals surface area contributed by atoms with Gasteiger partial charge in [-0.2, -0.15) is 0 Å². The molecule has 0 amide bonds. The number of hydrogen-bond donors (Lipinski definition) is 0. The van der Waals surface area contributed by atoms with E-state index < -0.39 is 0 Å². The summed E-state index contributed by atoms with van der Waals surface area (Å²) < 4.78 is 5.85. The van der Waals surface area contributed by atoms with Gasteiger partial charge in [-0.15, -0.1) is 0 Å². The van der Waals surface area contributed by atoms with Crippen LogP contribution in [0.2, 0.25) is 0 Å². The van der Waals surface area contributed by atoms with Gasteiger partial charge >= 0.3 is 0 Å². The Bertz CT molecular complexity index is 177. The van der Waals surface area contributed by atoms with Crippen molar-refractivity contribution < 1.29 is 9.53 Å². The smallest absolute Gasteiger partial charge is 0.123 e. The molecule has 0 saturated carbocycles. The molecule has 0 aromatic carbocycles. The Morgan fingerprint density at radius 1 is 1.62 bits per heavy atom. The first-order valence-electron chi connectivity index (χ1n) is 5.24. The van der Waals surface area contributed by atoms with E-state index in [9.17, 15) is 4.79 Å². The molecular formula is C11H20O2. The molecule has 76 valence electrons. The van der Waals surface area contributed by atoms with Crippen molar-refractivity contribution >= 4 is 6.29 Å². The Balaban J connectivity index is 2.69. The van der Waals surface area contributed by atoms with E-state index in [4.69, 9.17) is 4.74 Å². The van der Waals surface area contributed by atoms with Crippen molar-refractivity contribution in [1.29, 1.82) is 0 Å². The van der Waals surface area contributed by atoms with Crippen molar-refractivity contribution in [2.24, 2.45) is 11.8 Å². The van der Waals surface area contributed by atoms with Gasteiger partial charge in [-0.05, 0) is 25.2 Å². The van der Waals surface area contributed by atoms with Crippen LogP contribution in [0.1, 0.15) is 40.0 Å². The van der Waals surface area contributed by atoms with E-state index in [0.29, 0.717) is 5.92 Å². The highest BCUT2D eigenvalue weighted by molar-refractivity contribution is 5.53. The second-order valence-corrected chi connectivity index (χ2v) is 4.31. The fourth-order valence-corrected chi connectivity index (χ4v) is 2.19. The zero-order chi connectivity index (χ0) is 9.90. The van der Waals surface area contributed by atoms with E-state index in [1.165, 1.54) is 0 Å².